The number of carbonyl (C=O) groups is 1. The normalized spacial score (nSPS) is 10.8. The molecule has 0 saturated carbocycles. The molecule has 0 fully saturated rings. The number of carbonyl (C=O) groups excluding carboxylic acids is 1. The minimum Gasteiger partial charge on any atom is -0.504 e. The van der Waals surface area contributed by atoms with Crippen LogP contribution in [0.4, 0.5) is 5.69 Å². The van der Waals surface area contributed by atoms with E-state index in [1.807, 2.05) is 12.1 Å². The number of aromatic hydroxyl groups is 1. The van der Waals surface area contributed by atoms with Crippen molar-refractivity contribution in [2.75, 3.05) is 13.2 Å². The largest absolute Gasteiger partial charge is 0.504 e. The number of nitro benzene ring substituents is 1. The number of non-ortho nitro benzene ring substituents is 1. The zero-order chi connectivity index (χ0) is 21.5. The molecule has 0 radical (unpaired) electrons. The van der Waals surface area contributed by atoms with Crippen molar-refractivity contribution in [1.82, 2.24) is 10.4 Å². The number of hydrogen-bond donors (Lipinski definition) is 2. The number of fused-ring (bicyclic) bond motifs is 1. The van der Waals surface area contributed by atoms with Gasteiger partial charge in [0, 0.05) is 23.2 Å². The minimum absolute atomic E-state index is 0.0205. The maximum absolute atomic E-state index is 12.0. The number of phenols is 1. The molecular formula is C20H18N4O6. The maximum atomic E-state index is 12.0. The molecule has 2 N–H and O–H groups in total. The van der Waals surface area contributed by atoms with E-state index in [4.69, 9.17) is 9.47 Å². The number of para-hydroxylation sites is 1. The van der Waals surface area contributed by atoms with Gasteiger partial charge < -0.3 is 14.6 Å². The Morgan fingerprint density at radius 3 is 2.83 bits per heavy atom. The second kappa shape index (κ2) is 9.32. The molecule has 0 unspecified atom stereocenters. The van der Waals surface area contributed by atoms with Crippen LogP contribution in [-0.2, 0) is 4.79 Å². The lowest BCUT2D eigenvalue weighted by Crippen LogP contribution is -2.24. The highest BCUT2D eigenvalue weighted by molar-refractivity contribution is 5.88. The predicted molar refractivity (Wildman–Crippen MR) is 109 cm³/mol. The smallest absolute Gasteiger partial charge is 0.277 e. The standard InChI is InChI=1S/C20H18N4O6/c1-2-29-17-10-15(24(27)28)9-14(20(17)26)11-22-23-18(25)12-30-16-7-3-5-13-6-4-8-21-19(13)16/h3-11,26H,2,12H2,1H3,(H,23,25)/b22-11+. The SMILES string of the molecule is CCOc1cc([N+](=O)[O-])cc(/C=N/NC(=O)COc2cccc3cccnc23)c1O. The number of nitrogens with one attached hydrogen (secondary N) is 1. The van der Waals surface area contributed by atoms with Gasteiger partial charge in [-0.2, -0.15) is 5.10 Å². The molecule has 10 nitrogen and oxygen atoms in total. The van der Waals surface area contributed by atoms with Gasteiger partial charge in [-0.25, -0.2) is 5.43 Å². The lowest BCUT2D eigenvalue weighted by molar-refractivity contribution is -0.385. The van der Waals surface area contributed by atoms with Crippen molar-refractivity contribution < 1.29 is 24.3 Å². The topological polar surface area (TPSA) is 136 Å². The van der Waals surface area contributed by atoms with Crippen LogP contribution in [0, 0.1) is 10.1 Å². The lowest BCUT2D eigenvalue weighted by atomic mass is 10.1. The Kier molecular flexibility index (Phi) is 6.38. The van der Waals surface area contributed by atoms with E-state index in [9.17, 15) is 20.0 Å². The summed E-state index contributed by atoms with van der Waals surface area (Å²) in [6.07, 6.45) is 2.71. The average Bonchev–Trinajstić information content (AvgIpc) is 2.74. The monoisotopic (exact) mass is 410 g/mol. The maximum Gasteiger partial charge on any atom is 0.277 e. The minimum atomic E-state index is -0.621. The predicted octanol–water partition coefficient (Wildman–Crippen LogP) is 2.78. The zero-order valence-electron chi connectivity index (χ0n) is 15.9. The summed E-state index contributed by atoms with van der Waals surface area (Å²) in [5, 5.41) is 25.8. The van der Waals surface area contributed by atoms with Gasteiger partial charge in [-0.1, -0.05) is 18.2 Å². The number of amides is 1. The summed E-state index contributed by atoms with van der Waals surface area (Å²) in [5.74, 6) is -0.483. The third-order valence-electron chi connectivity index (χ3n) is 3.95. The molecular weight excluding hydrogens is 392 g/mol. The number of hydrazone groups is 1. The molecule has 3 aromatic rings. The van der Waals surface area contributed by atoms with Gasteiger partial charge in [0.2, 0.25) is 0 Å². The number of benzene rings is 2. The summed E-state index contributed by atoms with van der Waals surface area (Å²) >= 11 is 0. The van der Waals surface area contributed by atoms with Gasteiger partial charge in [0.25, 0.3) is 11.6 Å². The third kappa shape index (κ3) is 4.79. The second-order valence-electron chi connectivity index (χ2n) is 5.98. The molecule has 0 bridgehead atoms. The van der Waals surface area contributed by atoms with Crippen molar-refractivity contribution in [3.63, 3.8) is 0 Å². The molecule has 0 saturated heterocycles. The van der Waals surface area contributed by atoms with E-state index in [2.05, 4.69) is 15.5 Å². The first-order chi connectivity index (χ1) is 14.5. The van der Waals surface area contributed by atoms with E-state index in [1.165, 1.54) is 0 Å². The molecule has 154 valence electrons. The molecule has 1 amide bonds. The number of nitro groups is 1. The van der Waals surface area contributed by atoms with E-state index in [1.54, 1.807) is 31.3 Å². The van der Waals surface area contributed by atoms with Crippen LogP contribution in [0.25, 0.3) is 10.9 Å². The molecule has 10 heteroatoms. The Labute approximate surface area is 170 Å². The van der Waals surface area contributed by atoms with Crippen molar-refractivity contribution in [1.29, 1.82) is 0 Å². The molecule has 1 aromatic heterocycles. The van der Waals surface area contributed by atoms with Crippen LogP contribution in [0.3, 0.4) is 0 Å². The van der Waals surface area contributed by atoms with Gasteiger partial charge >= 0.3 is 0 Å². The van der Waals surface area contributed by atoms with E-state index in [-0.39, 0.29) is 36.0 Å². The van der Waals surface area contributed by atoms with Gasteiger partial charge in [0.15, 0.2) is 18.1 Å². The van der Waals surface area contributed by atoms with Crippen molar-refractivity contribution in [3.8, 4) is 17.2 Å². The van der Waals surface area contributed by atoms with Gasteiger partial charge in [-0.05, 0) is 19.1 Å². The molecule has 2 aromatic carbocycles. The van der Waals surface area contributed by atoms with Crippen LogP contribution >= 0.6 is 0 Å². The van der Waals surface area contributed by atoms with E-state index in [0.717, 1.165) is 23.7 Å². The molecule has 0 aliphatic rings. The molecule has 1 heterocycles. The quantitative estimate of drug-likeness (QED) is 0.331. The summed E-state index contributed by atoms with van der Waals surface area (Å²) < 4.78 is 10.7. The fourth-order valence-corrected chi connectivity index (χ4v) is 2.63. The summed E-state index contributed by atoms with van der Waals surface area (Å²) in [6, 6.07) is 11.3. The zero-order valence-corrected chi connectivity index (χ0v) is 15.9. The van der Waals surface area contributed by atoms with Gasteiger partial charge in [-0.3, -0.25) is 19.9 Å². The first kappa shape index (κ1) is 20.5. The number of aromatic nitrogens is 1. The van der Waals surface area contributed by atoms with Crippen LogP contribution in [0.1, 0.15) is 12.5 Å². The summed E-state index contributed by atoms with van der Waals surface area (Å²) in [4.78, 5) is 26.7. The van der Waals surface area contributed by atoms with Gasteiger partial charge in [0.05, 0.1) is 23.8 Å². The number of ether oxygens (including phenoxy) is 2. The Morgan fingerprint density at radius 1 is 1.27 bits per heavy atom. The highest BCUT2D eigenvalue weighted by Crippen LogP contribution is 2.33. The molecule has 3 rings (SSSR count). The van der Waals surface area contributed by atoms with Crippen LogP contribution < -0.4 is 14.9 Å². The number of nitrogens with zero attached hydrogens (tertiary/aromatic N) is 3. The first-order valence-electron chi connectivity index (χ1n) is 8.92. The van der Waals surface area contributed by atoms with E-state index >= 15 is 0 Å². The lowest BCUT2D eigenvalue weighted by Gasteiger charge is -2.08. The molecule has 0 spiro atoms. The van der Waals surface area contributed by atoms with Gasteiger partial charge in [0.1, 0.15) is 11.3 Å². The fourth-order valence-electron chi connectivity index (χ4n) is 2.63. The number of pyridine rings is 1. The van der Waals surface area contributed by atoms with E-state index in [0.29, 0.717) is 11.3 Å². The van der Waals surface area contributed by atoms with Crippen LogP contribution in [0.2, 0.25) is 0 Å². The highest BCUT2D eigenvalue weighted by Gasteiger charge is 2.16. The van der Waals surface area contributed by atoms with Crippen LogP contribution in [0.15, 0.2) is 53.8 Å². The Balaban J connectivity index is 1.66. The highest BCUT2D eigenvalue weighted by atomic mass is 16.6. The Morgan fingerprint density at radius 2 is 2.07 bits per heavy atom. The molecule has 0 aliphatic carbocycles. The molecule has 0 aliphatic heterocycles. The summed E-state index contributed by atoms with van der Waals surface area (Å²) in [6.45, 7) is 1.57. The second-order valence-corrected chi connectivity index (χ2v) is 5.98. The van der Waals surface area contributed by atoms with Crippen LogP contribution in [0.5, 0.6) is 17.2 Å². The summed E-state index contributed by atoms with van der Waals surface area (Å²) in [7, 11) is 0. The van der Waals surface area contributed by atoms with Crippen molar-refractivity contribution in [3.05, 3.63) is 64.3 Å². The number of rotatable bonds is 8. The fraction of sp³-hybridized carbons (Fsp3) is 0.150. The summed E-state index contributed by atoms with van der Waals surface area (Å²) in [5.41, 5.74) is 2.61. The van der Waals surface area contributed by atoms with Crippen molar-refractivity contribution in [2.24, 2.45) is 5.10 Å². The van der Waals surface area contributed by atoms with Gasteiger partial charge in [-0.15, -0.1) is 0 Å². The number of phenolic OH excluding ortho intramolecular Hbond substituents is 1. The van der Waals surface area contributed by atoms with Crippen molar-refractivity contribution >= 4 is 28.7 Å². The Bertz CT molecular complexity index is 1110. The Hall–Kier alpha value is -4.21. The molecule has 0 atom stereocenters. The number of hydrogen-bond acceptors (Lipinski definition) is 8. The average molecular weight is 410 g/mol. The van der Waals surface area contributed by atoms with E-state index < -0.39 is 10.8 Å². The first-order valence-corrected chi connectivity index (χ1v) is 8.92. The van der Waals surface area contributed by atoms with Crippen LogP contribution in [-0.4, -0.2) is 40.3 Å². The third-order valence-corrected chi connectivity index (χ3v) is 3.95. The molecule has 30 heavy (non-hydrogen) atoms. The van der Waals surface area contributed by atoms with Crippen molar-refractivity contribution in [2.45, 2.75) is 6.92 Å².